The molecule has 0 bridgehead atoms. The summed E-state index contributed by atoms with van der Waals surface area (Å²) in [6.45, 7) is -0.115. The maximum absolute atomic E-state index is 12.1. The van der Waals surface area contributed by atoms with Crippen LogP contribution in [0, 0.1) is 0 Å². The Morgan fingerprint density at radius 2 is 1.77 bits per heavy atom. The number of amides is 1. The van der Waals surface area contributed by atoms with Crippen molar-refractivity contribution >= 4 is 17.6 Å². The molecule has 0 atom stereocenters. The molecular weight excluding hydrogens is 282 g/mol. The Bertz CT molecular complexity index is 655. The largest absolute Gasteiger partial charge is 0.484 e. The highest BCUT2D eigenvalue weighted by Gasteiger charge is 2.12. The van der Waals surface area contributed by atoms with E-state index in [9.17, 15) is 9.59 Å². The summed E-state index contributed by atoms with van der Waals surface area (Å²) in [6.07, 6.45) is 0. The minimum atomic E-state index is -0.446. The van der Waals surface area contributed by atoms with Gasteiger partial charge in [0.1, 0.15) is 5.75 Å². The minimum absolute atomic E-state index is 0.115. The van der Waals surface area contributed by atoms with Crippen molar-refractivity contribution in [3.63, 3.8) is 0 Å². The number of hydrogen-bond acceptors (Lipinski definition) is 4. The van der Waals surface area contributed by atoms with Gasteiger partial charge in [0.2, 0.25) is 0 Å². The molecule has 2 aromatic carbocycles. The molecule has 0 heterocycles. The van der Waals surface area contributed by atoms with E-state index < -0.39 is 5.97 Å². The number of ether oxygens (including phenoxy) is 2. The van der Waals surface area contributed by atoms with E-state index >= 15 is 0 Å². The maximum Gasteiger partial charge on any atom is 0.337 e. The standard InChI is InChI=1S/C17H17NO4/c1-18(14-8-4-3-5-9-14)16(19)12-22-15-10-6-7-13(11-15)17(20)21-2/h3-11H,12H2,1-2H3. The number of methoxy groups -OCH3 is 1. The molecule has 0 spiro atoms. The fraction of sp³-hybridized carbons (Fsp3) is 0.176. The highest BCUT2D eigenvalue weighted by molar-refractivity contribution is 5.94. The Morgan fingerprint density at radius 1 is 1.05 bits per heavy atom. The van der Waals surface area contributed by atoms with Crippen LogP contribution < -0.4 is 9.64 Å². The van der Waals surface area contributed by atoms with Crippen molar-refractivity contribution in [2.24, 2.45) is 0 Å². The average Bonchev–Trinajstić information content (AvgIpc) is 2.59. The van der Waals surface area contributed by atoms with Gasteiger partial charge in [0, 0.05) is 12.7 Å². The molecule has 5 nitrogen and oxygen atoms in total. The number of para-hydroxylation sites is 1. The Labute approximate surface area is 129 Å². The fourth-order valence-corrected chi connectivity index (χ4v) is 1.87. The summed E-state index contributed by atoms with van der Waals surface area (Å²) in [6, 6.07) is 15.8. The number of anilines is 1. The summed E-state index contributed by atoms with van der Waals surface area (Å²) in [5, 5.41) is 0. The van der Waals surface area contributed by atoms with Crippen molar-refractivity contribution in [3.8, 4) is 5.75 Å². The zero-order chi connectivity index (χ0) is 15.9. The molecule has 0 aromatic heterocycles. The van der Waals surface area contributed by atoms with Crippen LogP contribution in [0.1, 0.15) is 10.4 Å². The lowest BCUT2D eigenvalue weighted by Gasteiger charge is -2.17. The zero-order valence-electron chi connectivity index (χ0n) is 12.5. The van der Waals surface area contributed by atoms with Gasteiger partial charge in [-0.25, -0.2) is 4.79 Å². The molecule has 0 fully saturated rings. The molecule has 0 saturated heterocycles. The van der Waals surface area contributed by atoms with Crippen LogP contribution in [0.4, 0.5) is 5.69 Å². The fourth-order valence-electron chi connectivity index (χ4n) is 1.87. The number of esters is 1. The van der Waals surface area contributed by atoms with Crippen LogP contribution in [-0.2, 0) is 9.53 Å². The Morgan fingerprint density at radius 3 is 2.45 bits per heavy atom. The van der Waals surface area contributed by atoms with E-state index in [0.717, 1.165) is 5.69 Å². The summed E-state index contributed by atoms with van der Waals surface area (Å²) < 4.78 is 10.1. The van der Waals surface area contributed by atoms with E-state index in [1.54, 1.807) is 31.3 Å². The van der Waals surface area contributed by atoms with Crippen LogP contribution in [-0.4, -0.2) is 32.6 Å². The summed E-state index contributed by atoms with van der Waals surface area (Å²) in [5.74, 6) is -0.189. The normalized spacial score (nSPS) is 9.91. The number of rotatable bonds is 5. The summed E-state index contributed by atoms with van der Waals surface area (Å²) >= 11 is 0. The number of likely N-dealkylation sites (N-methyl/N-ethyl adjacent to an activating group) is 1. The van der Waals surface area contributed by atoms with E-state index in [4.69, 9.17) is 4.74 Å². The van der Waals surface area contributed by atoms with Gasteiger partial charge in [-0.15, -0.1) is 0 Å². The Hall–Kier alpha value is -2.82. The molecule has 0 saturated carbocycles. The van der Waals surface area contributed by atoms with Crippen molar-refractivity contribution in [2.75, 3.05) is 25.7 Å². The van der Waals surface area contributed by atoms with Crippen LogP contribution in [0.15, 0.2) is 54.6 Å². The zero-order valence-corrected chi connectivity index (χ0v) is 12.5. The first-order chi connectivity index (χ1) is 10.6. The molecule has 0 radical (unpaired) electrons. The van der Waals surface area contributed by atoms with Crippen molar-refractivity contribution in [1.82, 2.24) is 0 Å². The maximum atomic E-state index is 12.1. The Balaban J connectivity index is 1.98. The molecule has 5 heteroatoms. The molecule has 2 aromatic rings. The second kappa shape index (κ2) is 7.26. The molecular formula is C17H17NO4. The van der Waals surface area contributed by atoms with Gasteiger partial charge in [-0.2, -0.15) is 0 Å². The third kappa shape index (κ3) is 3.85. The lowest BCUT2D eigenvalue weighted by atomic mass is 10.2. The topological polar surface area (TPSA) is 55.8 Å². The summed E-state index contributed by atoms with van der Waals surface area (Å²) in [7, 11) is 3.00. The van der Waals surface area contributed by atoms with E-state index in [1.165, 1.54) is 12.0 Å². The monoisotopic (exact) mass is 299 g/mol. The van der Waals surface area contributed by atoms with E-state index in [0.29, 0.717) is 11.3 Å². The van der Waals surface area contributed by atoms with Crippen molar-refractivity contribution in [1.29, 1.82) is 0 Å². The highest BCUT2D eigenvalue weighted by Crippen LogP contribution is 2.15. The second-order valence-electron chi connectivity index (χ2n) is 4.60. The molecule has 0 aliphatic carbocycles. The SMILES string of the molecule is COC(=O)c1cccc(OCC(=O)N(C)c2ccccc2)c1. The highest BCUT2D eigenvalue weighted by atomic mass is 16.5. The summed E-state index contributed by atoms with van der Waals surface area (Å²) in [5.41, 5.74) is 1.17. The molecule has 0 unspecified atom stereocenters. The van der Waals surface area contributed by atoms with Gasteiger partial charge < -0.3 is 14.4 Å². The molecule has 114 valence electrons. The predicted octanol–water partition coefficient (Wildman–Crippen LogP) is 2.52. The quantitative estimate of drug-likeness (QED) is 0.796. The van der Waals surface area contributed by atoms with Gasteiger partial charge in [-0.3, -0.25) is 4.79 Å². The number of carbonyl (C=O) groups excluding carboxylic acids is 2. The molecule has 0 aliphatic rings. The third-order valence-corrected chi connectivity index (χ3v) is 3.14. The van der Waals surface area contributed by atoms with Gasteiger partial charge >= 0.3 is 5.97 Å². The van der Waals surface area contributed by atoms with Crippen molar-refractivity contribution < 1.29 is 19.1 Å². The van der Waals surface area contributed by atoms with Gasteiger partial charge in [0.05, 0.1) is 12.7 Å². The lowest BCUT2D eigenvalue weighted by molar-refractivity contribution is -0.120. The number of benzene rings is 2. The molecule has 2 rings (SSSR count). The number of carbonyl (C=O) groups is 2. The first-order valence-corrected chi connectivity index (χ1v) is 6.74. The third-order valence-electron chi connectivity index (χ3n) is 3.14. The Kier molecular flexibility index (Phi) is 5.14. The van der Waals surface area contributed by atoms with Gasteiger partial charge in [0.15, 0.2) is 6.61 Å². The molecule has 0 N–H and O–H groups in total. The van der Waals surface area contributed by atoms with E-state index in [2.05, 4.69) is 4.74 Å². The van der Waals surface area contributed by atoms with Gasteiger partial charge in [-0.05, 0) is 30.3 Å². The lowest BCUT2D eigenvalue weighted by Crippen LogP contribution is -2.31. The van der Waals surface area contributed by atoms with Crippen LogP contribution in [0.25, 0.3) is 0 Å². The predicted molar refractivity (Wildman–Crippen MR) is 83.1 cm³/mol. The van der Waals surface area contributed by atoms with Gasteiger partial charge in [-0.1, -0.05) is 24.3 Å². The second-order valence-corrected chi connectivity index (χ2v) is 4.60. The molecule has 0 aliphatic heterocycles. The summed E-state index contributed by atoms with van der Waals surface area (Å²) in [4.78, 5) is 25.1. The van der Waals surface area contributed by atoms with Crippen LogP contribution in [0.2, 0.25) is 0 Å². The van der Waals surface area contributed by atoms with E-state index in [1.807, 2.05) is 30.3 Å². The first-order valence-electron chi connectivity index (χ1n) is 6.74. The average molecular weight is 299 g/mol. The van der Waals surface area contributed by atoms with Crippen LogP contribution in [0.3, 0.4) is 0 Å². The molecule has 1 amide bonds. The molecule has 22 heavy (non-hydrogen) atoms. The number of nitrogens with zero attached hydrogens (tertiary/aromatic N) is 1. The van der Waals surface area contributed by atoms with Gasteiger partial charge in [0.25, 0.3) is 5.91 Å². The van der Waals surface area contributed by atoms with Crippen LogP contribution >= 0.6 is 0 Å². The van der Waals surface area contributed by atoms with E-state index in [-0.39, 0.29) is 12.5 Å². The van der Waals surface area contributed by atoms with Crippen molar-refractivity contribution in [3.05, 3.63) is 60.2 Å². The first kappa shape index (κ1) is 15.6. The smallest absolute Gasteiger partial charge is 0.337 e. The van der Waals surface area contributed by atoms with Crippen LogP contribution in [0.5, 0.6) is 5.75 Å². The number of hydrogen-bond donors (Lipinski definition) is 0. The minimum Gasteiger partial charge on any atom is -0.484 e. The van der Waals surface area contributed by atoms with Crippen molar-refractivity contribution in [2.45, 2.75) is 0 Å².